The molecular formula is C31H36N4O7. The van der Waals surface area contributed by atoms with E-state index < -0.39 is 5.91 Å². The fourth-order valence-electron chi connectivity index (χ4n) is 5.92. The predicted molar refractivity (Wildman–Crippen MR) is 158 cm³/mol. The molecule has 42 heavy (non-hydrogen) atoms. The molecule has 0 aliphatic carbocycles. The number of hydrogen-bond acceptors (Lipinski definition) is 8. The number of pyridine rings is 1. The molecule has 2 aromatic carbocycles. The fraction of sp³-hybridized carbons (Fsp3) is 0.387. The molecule has 3 heterocycles. The molecule has 0 unspecified atom stereocenters. The molecule has 11 heteroatoms. The molecule has 222 valence electrons. The third-order valence-electron chi connectivity index (χ3n) is 7.85. The summed E-state index contributed by atoms with van der Waals surface area (Å²) in [6.07, 6.45) is 0.993. The van der Waals surface area contributed by atoms with Gasteiger partial charge in [-0.05, 0) is 48.7 Å². The van der Waals surface area contributed by atoms with Gasteiger partial charge in [0.1, 0.15) is 0 Å². The molecule has 2 amide bonds. The van der Waals surface area contributed by atoms with Gasteiger partial charge in [-0.1, -0.05) is 6.07 Å². The molecule has 1 aromatic heterocycles. The third kappa shape index (κ3) is 5.78. The van der Waals surface area contributed by atoms with E-state index in [4.69, 9.17) is 18.9 Å². The van der Waals surface area contributed by atoms with Crippen LogP contribution >= 0.6 is 0 Å². The van der Waals surface area contributed by atoms with Gasteiger partial charge in [-0.3, -0.25) is 14.4 Å². The number of hydrogen-bond donors (Lipinski definition) is 2. The first-order valence-corrected chi connectivity index (χ1v) is 13.8. The number of carbonyl (C=O) groups excluding carboxylic acids is 2. The molecule has 11 nitrogen and oxygen atoms in total. The Labute approximate surface area is 244 Å². The smallest absolute Gasteiger partial charge is 0.255 e. The molecule has 2 aliphatic heterocycles. The maximum atomic E-state index is 13.6. The van der Waals surface area contributed by atoms with Gasteiger partial charge >= 0.3 is 0 Å². The number of amides is 2. The first-order valence-electron chi connectivity index (χ1n) is 13.8. The number of carbonyl (C=O) groups is 2. The van der Waals surface area contributed by atoms with Crippen molar-refractivity contribution in [2.45, 2.75) is 18.9 Å². The second kappa shape index (κ2) is 12.6. The van der Waals surface area contributed by atoms with Gasteiger partial charge in [0.05, 0.1) is 39.3 Å². The lowest BCUT2D eigenvalue weighted by Crippen LogP contribution is -2.47. The maximum Gasteiger partial charge on any atom is 0.255 e. The number of anilines is 2. The topological polar surface area (TPSA) is 120 Å². The van der Waals surface area contributed by atoms with Crippen LogP contribution in [0.3, 0.4) is 0 Å². The van der Waals surface area contributed by atoms with E-state index in [9.17, 15) is 14.4 Å². The highest BCUT2D eigenvalue weighted by Gasteiger charge is 2.35. The van der Waals surface area contributed by atoms with Crippen LogP contribution in [0.1, 0.15) is 38.7 Å². The highest BCUT2D eigenvalue weighted by molar-refractivity contribution is 6.08. The van der Waals surface area contributed by atoms with Gasteiger partial charge in [0.25, 0.3) is 17.4 Å². The Morgan fingerprint density at radius 1 is 0.881 bits per heavy atom. The zero-order valence-corrected chi connectivity index (χ0v) is 24.3. The Morgan fingerprint density at radius 3 is 2.33 bits per heavy atom. The second-order valence-corrected chi connectivity index (χ2v) is 10.5. The molecule has 0 radical (unpaired) electrons. The number of aromatic nitrogens is 1. The Morgan fingerprint density at radius 2 is 1.64 bits per heavy atom. The van der Waals surface area contributed by atoms with Crippen LogP contribution in [0.25, 0.3) is 0 Å². The van der Waals surface area contributed by atoms with E-state index in [0.29, 0.717) is 66.8 Å². The van der Waals surface area contributed by atoms with Gasteiger partial charge < -0.3 is 39.0 Å². The first-order chi connectivity index (χ1) is 20.4. The number of nitrogens with one attached hydrogen (secondary N) is 2. The van der Waals surface area contributed by atoms with Gasteiger partial charge in [0.2, 0.25) is 5.75 Å². The monoisotopic (exact) mass is 576 g/mol. The quantitative estimate of drug-likeness (QED) is 0.354. The molecule has 3 aromatic rings. The van der Waals surface area contributed by atoms with Crippen molar-refractivity contribution in [2.75, 3.05) is 64.9 Å². The molecule has 1 fully saturated rings. The summed E-state index contributed by atoms with van der Waals surface area (Å²) >= 11 is 0. The summed E-state index contributed by atoms with van der Waals surface area (Å²) in [6, 6.07) is 13.9. The van der Waals surface area contributed by atoms with Gasteiger partial charge in [-0.15, -0.1) is 0 Å². The minimum absolute atomic E-state index is 0.0257. The van der Waals surface area contributed by atoms with Crippen molar-refractivity contribution < 1.29 is 28.5 Å². The maximum absolute atomic E-state index is 13.6. The van der Waals surface area contributed by atoms with Crippen molar-refractivity contribution in [3.05, 3.63) is 75.7 Å². The van der Waals surface area contributed by atoms with E-state index >= 15 is 0 Å². The number of piperidine rings is 1. The largest absolute Gasteiger partial charge is 0.493 e. The van der Waals surface area contributed by atoms with E-state index in [-0.39, 0.29) is 23.3 Å². The zero-order valence-electron chi connectivity index (χ0n) is 24.3. The Hall–Kier alpha value is -4.51. The highest BCUT2D eigenvalue weighted by Crippen LogP contribution is 2.41. The summed E-state index contributed by atoms with van der Waals surface area (Å²) in [5, 5.41) is 5.86. The Kier molecular flexibility index (Phi) is 8.67. The van der Waals surface area contributed by atoms with Crippen molar-refractivity contribution in [1.29, 1.82) is 0 Å². The number of rotatable bonds is 10. The number of fused-ring (bicyclic) bond motifs is 4. The van der Waals surface area contributed by atoms with Gasteiger partial charge in [0.15, 0.2) is 11.5 Å². The number of ether oxygens (including phenoxy) is 4. The number of methoxy groups -OCH3 is 4. The van der Waals surface area contributed by atoms with Gasteiger partial charge in [-0.2, -0.15) is 0 Å². The van der Waals surface area contributed by atoms with Crippen molar-refractivity contribution in [2.24, 2.45) is 5.92 Å². The molecule has 2 bridgehead atoms. The Balaban J connectivity index is 1.49. The van der Waals surface area contributed by atoms with Crippen LogP contribution in [0.2, 0.25) is 0 Å². The van der Waals surface area contributed by atoms with Crippen LogP contribution in [-0.2, 0) is 11.3 Å². The lowest BCUT2D eigenvalue weighted by atomic mass is 9.83. The first kappa shape index (κ1) is 29.0. The minimum atomic E-state index is -0.401. The molecule has 0 saturated carbocycles. The SMILES string of the molecule is COCCNC(=O)c1ccc(N2C[C@@H]3C[C@@H](C2)c2cccc(=O)n2C3)c(NC(=O)c2cc(OC)c(OC)c(OC)c2)c1. The zero-order chi connectivity index (χ0) is 29.8. The average molecular weight is 577 g/mol. The highest BCUT2D eigenvalue weighted by atomic mass is 16.5. The molecule has 5 rings (SSSR count). The van der Waals surface area contributed by atoms with Gasteiger partial charge in [-0.25, -0.2) is 0 Å². The van der Waals surface area contributed by atoms with Crippen LogP contribution in [0.5, 0.6) is 17.2 Å². The number of nitrogens with zero attached hydrogens (tertiary/aromatic N) is 2. The van der Waals surface area contributed by atoms with Crippen molar-refractivity contribution >= 4 is 23.2 Å². The molecule has 0 spiro atoms. The lowest BCUT2D eigenvalue weighted by molar-refractivity contribution is 0.0936. The van der Waals surface area contributed by atoms with Crippen LogP contribution in [0.15, 0.2) is 53.3 Å². The van der Waals surface area contributed by atoms with Crippen LogP contribution in [0, 0.1) is 5.92 Å². The summed E-state index contributed by atoms with van der Waals surface area (Å²) < 4.78 is 23.2. The molecule has 1 saturated heterocycles. The van der Waals surface area contributed by atoms with Crippen molar-refractivity contribution in [3.63, 3.8) is 0 Å². The van der Waals surface area contributed by atoms with E-state index in [1.807, 2.05) is 22.8 Å². The summed E-state index contributed by atoms with van der Waals surface area (Å²) in [4.78, 5) is 41.3. The summed E-state index contributed by atoms with van der Waals surface area (Å²) in [7, 11) is 6.04. The fourth-order valence-corrected chi connectivity index (χ4v) is 5.92. The molecule has 2 atom stereocenters. The number of benzene rings is 2. The van der Waals surface area contributed by atoms with Gasteiger partial charge in [0, 0.05) is 62.1 Å². The average Bonchev–Trinajstić information content (AvgIpc) is 3.00. The van der Waals surface area contributed by atoms with E-state index in [1.54, 1.807) is 37.4 Å². The molecule has 2 N–H and O–H groups in total. The lowest BCUT2D eigenvalue weighted by Gasteiger charge is -2.44. The van der Waals surface area contributed by atoms with E-state index in [2.05, 4.69) is 15.5 Å². The predicted octanol–water partition coefficient (Wildman–Crippen LogP) is 3.13. The van der Waals surface area contributed by atoms with E-state index in [0.717, 1.165) is 17.8 Å². The second-order valence-electron chi connectivity index (χ2n) is 10.5. The summed E-state index contributed by atoms with van der Waals surface area (Å²) in [5.74, 6) is 0.852. The molecular weight excluding hydrogens is 540 g/mol. The van der Waals surface area contributed by atoms with Crippen LogP contribution in [-0.4, -0.2) is 71.1 Å². The standard InChI is InChI=1S/C31H36N4O7/c1-39-11-10-32-30(37)20-8-9-25(34-16-19-12-22(18-34)24-6-5-7-28(36)35(24)17-19)23(13-20)33-31(38)21-14-26(40-2)29(42-4)27(15-21)41-3/h5-9,13-15,19,22H,10-12,16-18H2,1-4H3,(H,32,37)(H,33,38)/t19-,22-/m0/s1. The minimum Gasteiger partial charge on any atom is -0.493 e. The Bertz CT molecular complexity index is 1510. The molecule has 2 aliphatic rings. The van der Waals surface area contributed by atoms with E-state index in [1.165, 1.54) is 21.3 Å². The summed E-state index contributed by atoms with van der Waals surface area (Å²) in [5.41, 5.74) is 3.06. The summed E-state index contributed by atoms with van der Waals surface area (Å²) in [6.45, 7) is 2.78. The van der Waals surface area contributed by atoms with Crippen LogP contribution < -0.4 is 35.3 Å². The van der Waals surface area contributed by atoms with Crippen molar-refractivity contribution in [3.8, 4) is 17.2 Å². The van der Waals surface area contributed by atoms with Crippen LogP contribution in [0.4, 0.5) is 11.4 Å². The van der Waals surface area contributed by atoms with Crippen molar-refractivity contribution in [1.82, 2.24) is 9.88 Å². The third-order valence-corrected chi connectivity index (χ3v) is 7.85. The normalized spacial score (nSPS) is 17.2.